The van der Waals surface area contributed by atoms with Gasteiger partial charge in [-0.3, -0.25) is 19.5 Å². The molecule has 8 heteroatoms. The van der Waals surface area contributed by atoms with Crippen LogP contribution in [0.3, 0.4) is 0 Å². The topological polar surface area (TPSA) is 104 Å². The van der Waals surface area contributed by atoms with Gasteiger partial charge < -0.3 is 4.42 Å². The van der Waals surface area contributed by atoms with Crippen molar-refractivity contribution in [2.24, 2.45) is 0 Å². The first kappa shape index (κ1) is 18.9. The van der Waals surface area contributed by atoms with Crippen molar-refractivity contribution in [3.05, 3.63) is 91.3 Å². The molecule has 8 nitrogen and oxygen atoms in total. The molecule has 3 aromatic heterocycles. The predicted octanol–water partition coefficient (Wildman–Crippen LogP) is 4.25. The lowest BCUT2D eigenvalue weighted by Gasteiger charge is -2.14. The summed E-state index contributed by atoms with van der Waals surface area (Å²) in [6.45, 7) is 2.00. The van der Waals surface area contributed by atoms with Crippen LogP contribution in [0.4, 0.5) is 5.88 Å². The number of benzene rings is 1. The van der Waals surface area contributed by atoms with E-state index in [1.165, 1.54) is 12.1 Å². The number of nitro groups is 1. The van der Waals surface area contributed by atoms with Gasteiger partial charge >= 0.3 is 5.88 Å². The Labute approximate surface area is 176 Å². The van der Waals surface area contributed by atoms with Crippen molar-refractivity contribution in [3.8, 4) is 5.69 Å². The number of rotatable bonds is 4. The number of fused-ring (bicyclic) bond motifs is 2. The van der Waals surface area contributed by atoms with E-state index in [0.717, 1.165) is 41.8 Å². The number of furan rings is 1. The lowest BCUT2D eigenvalue weighted by atomic mass is 10.1. The maximum atomic E-state index is 12.8. The smallest absolute Gasteiger partial charge is 0.401 e. The number of nitrogens with zero attached hydrogens (tertiary/aromatic N) is 4. The molecule has 31 heavy (non-hydrogen) atoms. The lowest BCUT2D eigenvalue weighted by Crippen LogP contribution is -2.17. The Morgan fingerprint density at radius 2 is 1.90 bits per heavy atom. The Hall–Kier alpha value is -4.07. The van der Waals surface area contributed by atoms with Crippen molar-refractivity contribution >= 4 is 29.1 Å². The second kappa shape index (κ2) is 7.32. The van der Waals surface area contributed by atoms with Gasteiger partial charge in [-0.2, -0.15) is 4.98 Å². The van der Waals surface area contributed by atoms with E-state index in [-0.39, 0.29) is 11.4 Å². The first-order valence-electron chi connectivity index (χ1n) is 9.94. The summed E-state index contributed by atoms with van der Waals surface area (Å²) in [5.74, 6) is 0.309. The average molecular weight is 414 g/mol. The van der Waals surface area contributed by atoms with E-state index < -0.39 is 4.92 Å². The van der Waals surface area contributed by atoms with Gasteiger partial charge in [-0.05, 0) is 68.2 Å². The Kier molecular flexibility index (Phi) is 4.47. The van der Waals surface area contributed by atoms with Gasteiger partial charge in [0.2, 0.25) is 0 Å². The molecule has 0 N–H and O–H groups in total. The van der Waals surface area contributed by atoms with Gasteiger partial charge in [0.25, 0.3) is 5.56 Å². The van der Waals surface area contributed by atoms with Crippen LogP contribution < -0.4 is 5.56 Å². The summed E-state index contributed by atoms with van der Waals surface area (Å²) in [6.07, 6.45) is 5.99. The van der Waals surface area contributed by atoms with Crippen molar-refractivity contribution in [3.63, 3.8) is 0 Å². The molecule has 1 aliphatic rings. The maximum absolute atomic E-state index is 12.8. The molecule has 1 aromatic carbocycles. The molecule has 0 saturated carbocycles. The summed E-state index contributed by atoms with van der Waals surface area (Å²) in [6, 6.07) is 12.6. The zero-order valence-electron chi connectivity index (χ0n) is 16.7. The predicted molar refractivity (Wildman–Crippen MR) is 116 cm³/mol. The first-order valence-corrected chi connectivity index (χ1v) is 9.94. The molecule has 0 radical (unpaired) electrons. The van der Waals surface area contributed by atoms with Crippen LogP contribution in [-0.2, 0) is 12.8 Å². The number of pyridine rings is 1. The Bertz CT molecular complexity index is 1410. The van der Waals surface area contributed by atoms with Crippen LogP contribution in [0.15, 0.2) is 51.7 Å². The summed E-state index contributed by atoms with van der Waals surface area (Å²) >= 11 is 0. The molecule has 0 amide bonds. The van der Waals surface area contributed by atoms with Crippen molar-refractivity contribution in [1.29, 1.82) is 0 Å². The molecule has 1 aliphatic carbocycles. The van der Waals surface area contributed by atoms with Crippen LogP contribution in [0, 0.1) is 17.0 Å². The van der Waals surface area contributed by atoms with Gasteiger partial charge in [0.05, 0.1) is 11.5 Å². The molecule has 0 aliphatic heterocycles. The van der Waals surface area contributed by atoms with Crippen molar-refractivity contribution in [1.82, 2.24) is 14.5 Å². The van der Waals surface area contributed by atoms with Gasteiger partial charge in [-0.1, -0.05) is 17.7 Å². The molecule has 3 heterocycles. The minimum atomic E-state index is -0.599. The fourth-order valence-corrected chi connectivity index (χ4v) is 3.86. The molecular formula is C23H18N4O4. The molecule has 0 atom stereocenters. The van der Waals surface area contributed by atoms with Crippen molar-refractivity contribution in [2.75, 3.05) is 0 Å². The molecule has 0 spiro atoms. The Balaban J connectivity index is 1.72. The monoisotopic (exact) mass is 414 g/mol. The van der Waals surface area contributed by atoms with Crippen LogP contribution in [0.1, 0.15) is 34.8 Å². The van der Waals surface area contributed by atoms with Gasteiger partial charge in [0, 0.05) is 11.4 Å². The summed E-state index contributed by atoms with van der Waals surface area (Å²) in [5.41, 5.74) is 4.23. The average Bonchev–Trinajstić information content (AvgIpc) is 3.41. The standard InChI is InChI=1S/C23H18N4O4/c1-14-5-7-16(8-6-14)26-20(11-9-17-10-12-21(31-17)27(29)30)25-23(28)18-13-15-3-2-4-19(15)24-22(18)26/h5-13H,2-4H2,1H3/b11-9+. The Morgan fingerprint density at radius 1 is 1.10 bits per heavy atom. The quantitative estimate of drug-likeness (QED) is 0.365. The lowest BCUT2D eigenvalue weighted by molar-refractivity contribution is -0.402. The number of hydrogen-bond donors (Lipinski definition) is 0. The highest BCUT2D eigenvalue weighted by molar-refractivity contribution is 5.80. The van der Waals surface area contributed by atoms with Crippen LogP contribution in [0.2, 0.25) is 0 Å². The third-order valence-corrected chi connectivity index (χ3v) is 5.40. The van der Waals surface area contributed by atoms with E-state index in [1.54, 1.807) is 12.2 Å². The van der Waals surface area contributed by atoms with E-state index in [9.17, 15) is 14.9 Å². The molecule has 154 valence electrons. The largest absolute Gasteiger partial charge is 0.433 e. The van der Waals surface area contributed by atoms with E-state index in [2.05, 4.69) is 4.98 Å². The molecule has 4 aromatic rings. The molecule has 0 saturated heterocycles. The van der Waals surface area contributed by atoms with E-state index in [0.29, 0.717) is 22.6 Å². The van der Waals surface area contributed by atoms with Crippen LogP contribution in [-0.4, -0.2) is 19.5 Å². The van der Waals surface area contributed by atoms with Crippen molar-refractivity contribution < 1.29 is 9.34 Å². The zero-order valence-corrected chi connectivity index (χ0v) is 16.7. The minimum Gasteiger partial charge on any atom is -0.401 e. The molecule has 0 fully saturated rings. The van der Waals surface area contributed by atoms with Crippen molar-refractivity contribution in [2.45, 2.75) is 26.2 Å². The van der Waals surface area contributed by atoms with Crippen LogP contribution in [0.5, 0.6) is 0 Å². The third kappa shape index (κ3) is 3.42. The number of aryl methyl sites for hydroxylation is 3. The summed E-state index contributed by atoms with van der Waals surface area (Å²) in [4.78, 5) is 32.2. The number of hydrogen-bond acceptors (Lipinski definition) is 6. The number of aromatic nitrogens is 3. The molecule has 5 rings (SSSR count). The van der Waals surface area contributed by atoms with Gasteiger partial charge in [0.15, 0.2) is 5.65 Å². The fourth-order valence-electron chi connectivity index (χ4n) is 3.86. The SMILES string of the molecule is Cc1ccc(-n2c(/C=C/c3ccc([N+](=O)[O-])o3)nc(=O)c3cc4c(nc32)CCC4)cc1. The van der Waals surface area contributed by atoms with Crippen LogP contribution >= 0.6 is 0 Å². The summed E-state index contributed by atoms with van der Waals surface area (Å²) in [7, 11) is 0. The molecular weight excluding hydrogens is 396 g/mol. The maximum Gasteiger partial charge on any atom is 0.433 e. The summed E-state index contributed by atoms with van der Waals surface area (Å²) in [5, 5.41) is 11.3. The molecule has 0 unspecified atom stereocenters. The van der Waals surface area contributed by atoms with E-state index in [1.807, 2.05) is 41.8 Å². The third-order valence-electron chi connectivity index (χ3n) is 5.40. The second-order valence-corrected chi connectivity index (χ2v) is 7.53. The summed E-state index contributed by atoms with van der Waals surface area (Å²) < 4.78 is 7.03. The first-order chi connectivity index (χ1) is 15.0. The highest BCUT2D eigenvalue weighted by Crippen LogP contribution is 2.26. The normalized spacial score (nSPS) is 13.2. The minimum absolute atomic E-state index is 0.290. The zero-order chi connectivity index (χ0) is 21.5. The van der Waals surface area contributed by atoms with E-state index in [4.69, 9.17) is 9.40 Å². The molecule has 0 bridgehead atoms. The second-order valence-electron chi connectivity index (χ2n) is 7.53. The highest BCUT2D eigenvalue weighted by Gasteiger charge is 2.19. The fraction of sp³-hybridized carbons (Fsp3) is 0.174. The highest BCUT2D eigenvalue weighted by atomic mass is 16.6. The van der Waals surface area contributed by atoms with Gasteiger partial charge in [-0.25, -0.2) is 4.98 Å². The van der Waals surface area contributed by atoms with E-state index >= 15 is 0 Å². The Morgan fingerprint density at radius 3 is 2.65 bits per heavy atom. The van der Waals surface area contributed by atoms with Gasteiger partial charge in [0.1, 0.15) is 16.5 Å². The van der Waals surface area contributed by atoms with Gasteiger partial charge in [-0.15, -0.1) is 0 Å². The van der Waals surface area contributed by atoms with Crippen LogP contribution in [0.25, 0.3) is 28.9 Å².